The molecule has 140 valence electrons. The van der Waals surface area contributed by atoms with E-state index >= 15 is 0 Å². The predicted octanol–water partition coefficient (Wildman–Crippen LogP) is 4.60. The van der Waals surface area contributed by atoms with E-state index in [9.17, 15) is 4.39 Å². The summed E-state index contributed by atoms with van der Waals surface area (Å²) >= 11 is 0. The quantitative estimate of drug-likeness (QED) is 0.481. The lowest BCUT2D eigenvalue weighted by Crippen LogP contribution is -2.20. The maximum absolute atomic E-state index is 13.4. The van der Waals surface area contributed by atoms with Crippen LogP contribution in [0.15, 0.2) is 79.3 Å². The van der Waals surface area contributed by atoms with Crippen LogP contribution in [0.4, 0.5) is 4.39 Å². The summed E-state index contributed by atoms with van der Waals surface area (Å²) in [6, 6.07) is 18.4. The third-order valence-corrected chi connectivity index (χ3v) is 4.41. The molecule has 0 bridgehead atoms. The summed E-state index contributed by atoms with van der Waals surface area (Å²) in [7, 11) is 0. The highest BCUT2D eigenvalue weighted by molar-refractivity contribution is 5.84. The fraction of sp³-hybridized carbons (Fsp3) is 0.130. The molecule has 0 radical (unpaired) electrons. The number of nitrogens with zero attached hydrogens (tertiary/aromatic N) is 2. The molecule has 1 N–H and O–H groups in total. The first-order valence-corrected chi connectivity index (χ1v) is 9.17. The second kappa shape index (κ2) is 8.59. The van der Waals surface area contributed by atoms with Gasteiger partial charge in [0.1, 0.15) is 23.7 Å². The van der Waals surface area contributed by atoms with Gasteiger partial charge in [0.15, 0.2) is 0 Å². The number of fused-ring (bicyclic) bond motifs is 1. The molecule has 28 heavy (non-hydrogen) atoms. The van der Waals surface area contributed by atoms with Gasteiger partial charge >= 0.3 is 0 Å². The largest absolute Gasteiger partial charge is 0.490 e. The lowest BCUT2D eigenvalue weighted by molar-refractivity contribution is 0.316. The molecule has 0 unspecified atom stereocenters. The summed E-state index contributed by atoms with van der Waals surface area (Å²) in [4.78, 5) is 8.66. The van der Waals surface area contributed by atoms with Crippen molar-refractivity contribution in [2.24, 2.45) is 0 Å². The van der Waals surface area contributed by atoms with Crippen molar-refractivity contribution in [1.82, 2.24) is 15.3 Å². The number of halogens is 1. The van der Waals surface area contributed by atoms with Crippen molar-refractivity contribution in [3.8, 4) is 16.9 Å². The van der Waals surface area contributed by atoms with E-state index in [0.717, 1.165) is 33.3 Å². The number of ether oxygens (including phenoxy) is 1. The van der Waals surface area contributed by atoms with Gasteiger partial charge in [0.05, 0.1) is 0 Å². The topological polar surface area (TPSA) is 47.0 Å². The normalized spacial score (nSPS) is 10.9. The standard InChI is InChI=1S/C23H20FN3O/c24-21-7-1-5-19(13-21)20-12-17(15-26-16-20)14-25-10-11-28-22-8-2-4-18-6-3-9-27-23(18)22/h1-9,12-13,15-16,25H,10-11,14H2. The molecule has 2 heterocycles. The molecule has 0 aliphatic heterocycles. The number of para-hydroxylation sites is 1. The van der Waals surface area contributed by atoms with Crippen LogP contribution in [0.1, 0.15) is 5.56 Å². The highest BCUT2D eigenvalue weighted by Crippen LogP contribution is 2.23. The van der Waals surface area contributed by atoms with E-state index in [-0.39, 0.29) is 5.82 Å². The minimum absolute atomic E-state index is 0.249. The molecule has 0 atom stereocenters. The van der Waals surface area contributed by atoms with Crippen molar-refractivity contribution in [3.63, 3.8) is 0 Å². The van der Waals surface area contributed by atoms with E-state index in [1.54, 1.807) is 18.5 Å². The summed E-state index contributed by atoms with van der Waals surface area (Å²) in [6.45, 7) is 1.88. The molecule has 5 heteroatoms. The molecule has 0 aliphatic rings. The number of pyridine rings is 2. The van der Waals surface area contributed by atoms with E-state index in [0.29, 0.717) is 19.7 Å². The zero-order valence-corrected chi connectivity index (χ0v) is 15.3. The average molecular weight is 373 g/mol. The molecular formula is C23H20FN3O. The Morgan fingerprint density at radius 3 is 2.75 bits per heavy atom. The SMILES string of the molecule is Fc1cccc(-c2cncc(CNCCOc3cccc4cccnc34)c2)c1. The summed E-state index contributed by atoms with van der Waals surface area (Å²) < 4.78 is 19.3. The van der Waals surface area contributed by atoms with Crippen LogP contribution >= 0.6 is 0 Å². The third kappa shape index (κ3) is 4.32. The molecule has 2 aromatic carbocycles. The molecule has 4 nitrogen and oxygen atoms in total. The number of benzene rings is 2. The Morgan fingerprint density at radius 2 is 1.82 bits per heavy atom. The van der Waals surface area contributed by atoms with Gasteiger partial charge in [0, 0.05) is 42.6 Å². The van der Waals surface area contributed by atoms with Crippen LogP contribution in [0.3, 0.4) is 0 Å². The summed E-state index contributed by atoms with van der Waals surface area (Å²) in [5.74, 6) is 0.538. The van der Waals surface area contributed by atoms with Gasteiger partial charge in [-0.3, -0.25) is 9.97 Å². The molecule has 0 saturated carbocycles. The van der Waals surface area contributed by atoms with E-state index in [2.05, 4.69) is 15.3 Å². The first kappa shape index (κ1) is 18.1. The Kier molecular flexibility index (Phi) is 5.54. The van der Waals surface area contributed by atoms with E-state index in [4.69, 9.17) is 4.74 Å². The lowest BCUT2D eigenvalue weighted by atomic mass is 10.1. The molecule has 0 amide bonds. The van der Waals surface area contributed by atoms with Crippen molar-refractivity contribution in [3.05, 3.63) is 90.6 Å². The molecule has 0 saturated heterocycles. The van der Waals surface area contributed by atoms with Crippen LogP contribution in [0.2, 0.25) is 0 Å². The fourth-order valence-corrected chi connectivity index (χ4v) is 3.07. The zero-order valence-electron chi connectivity index (χ0n) is 15.3. The summed E-state index contributed by atoms with van der Waals surface area (Å²) in [5, 5.41) is 4.41. The maximum atomic E-state index is 13.4. The van der Waals surface area contributed by atoms with Crippen LogP contribution in [-0.4, -0.2) is 23.1 Å². The summed E-state index contributed by atoms with van der Waals surface area (Å²) in [6.07, 6.45) is 5.33. The van der Waals surface area contributed by atoms with Crippen molar-refractivity contribution < 1.29 is 9.13 Å². The minimum atomic E-state index is -0.249. The second-order valence-corrected chi connectivity index (χ2v) is 6.45. The Bertz CT molecular complexity index is 1080. The van der Waals surface area contributed by atoms with Gasteiger partial charge in [0.25, 0.3) is 0 Å². The van der Waals surface area contributed by atoms with Crippen LogP contribution in [0, 0.1) is 5.82 Å². The second-order valence-electron chi connectivity index (χ2n) is 6.45. The number of aromatic nitrogens is 2. The minimum Gasteiger partial charge on any atom is -0.490 e. The molecule has 2 aromatic heterocycles. The van der Waals surface area contributed by atoms with Crippen molar-refractivity contribution in [2.75, 3.05) is 13.2 Å². The van der Waals surface area contributed by atoms with Gasteiger partial charge < -0.3 is 10.1 Å². The Hall–Kier alpha value is -3.31. The van der Waals surface area contributed by atoms with E-state index < -0.39 is 0 Å². The number of rotatable bonds is 7. The van der Waals surface area contributed by atoms with Crippen molar-refractivity contribution >= 4 is 10.9 Å². The average Bonchev–Trinajstić information content (AvgIpc) is 2.74. The molecule has 4 aromatic rings. The lowest BCUT2D eigenvalue weighted by Gasteiger charge is -2.10. The monoisotopic (exact) mass is 373 g/mol. The highest BCUT2D eigenvalue weighted by atomic mass is 19.1. The van der Waals surface area contributed by atoms with E-state index in [1.807, 2.05) is 48.7 Å². The highest BCUT2D eigenvalue weighted by Gasteiger charge is 2.04. The molecule has 0 aliphatic carbocycles. The van der Waals surface area contributed by atoms with Crippen molar-refractivity contribution in [1.29, 1.82) is 0 Å². The predicted molar refractivity (Wildman–Crippen MR) is 109 cm³/mol. The van der Waals surface area contributed by atoms with Crippen LogP contribution in [-0.2, 0) is 6.54 Å². The number of hydrogen-bond acceptors (Lipinski definition) is 4. The Balaban J connectivity index is 1.31. The van der Waals surface area contributed by atoms with Crippen LogP contribution in [0.25, 0.3) is 22.0 Å². The Morgan fingerprint density at radius 1 is 0.929 bits per heavy atom. The van der Waals surface area contributed by atoms with Gasteiger partial charge in [0.2, 0.25) is 0 Å². The van der Waals surface area contributed by atoms with Gasteiger partial charge in [-0.25, -0.2) is 4.39 Å². The smallest absolute Gasteiger partial charge is 0.145 e. The fourth-order valence-electron chi connectivity index (χ4n) is 3.07. The molecule has 0 fully saturated rings. The van der Waals surface area contributed by atoms with Crippen LogP contribution < -0.4 is 10.1 Å². The van der Waals surface area contributed by atoms with E-state index in [1.165, 1.54) is 12.1 Å². The molecular weight excluding hydrogens is 353 g/mol. The van der Waals surface area contributed by atoms with Gasteiger partial charge in [-0.2, -0.15) is 0 Å². The number of nitrogens with one attached hydrogen (secondary N) is 1. The van der Waals surface area contributed by atoms with Gasteiger partial charge in [-0.1, -0.05) is 30.3 Å². The number of hydrogen-bond donors (Lipinski definition) is 1. The zero-order chi connectivity index (χ0) is 19.2. The first-order valence-electron chi connectivity index (χ1n) is 9.17. The van der Waals surface area contributed by atoms with Gasteiger partial charge in [-0.05, 0) is 41.5 Å². The molecule has 0 spiro atoms. The van der Waals surface area contributed by atoms with Gasteiger partial charge in [-0.15, -0.1) is 0 Å². The van der Waals surface area contributed by atoms with Crippen molar-refractivity contribution in [2.45, 2.75) is 6.54 Å². The Labute approximate surface area is 163 Å². The maximum Gasteiger partial charge on any atom is 0.145 e. The third-order valence-electron chi connectivity index (χ3n) is 4.41. The molecule has 4 rings (SSSR count). The first-order chi connectivity index (χ1) is 13.8. The van der Waals surface area contributed by atoms with Crippen LogP contribution in [0.5, 0.6) is 5.75 Å². The summed E-state index contributed by atoms with van der Waals surface area (Å²) in [5.41, 5.74) is 3.63.